The first-order chi connectivity index (χ1) is 13.4. The van der Waals surface area contributed by atoms with Crippen LogP contribution in [0.3, 0.4) is 0 Å². The van der Waals surface area contributed by atoms with E-state index in [9.17, 15) is 9.59 Å². The molecule has 0 spiro atoms. The molecule has 3 rings (SSSR count). The third kappa shape index (κ3) is 4.92. The number of rotatable bonds is 8. The van der Waals surface area contributed by atoms with Crippen LogP contribution in [0.2, 0.25) is 0 Å². The maximum atomic E-state index is 12.3. The predicted molar refractivity (Wildman–Crippen MR) is 114 cm³/mol. The van der Waals surface area contributed by atoms with Gasteiger partial charge < -0.3 is 15.6 Å². The van der Waals surface area contributed by atoms with Gasteiger partial charge in [-0.1, -0.05) is 37.7 Å². The molecule has 7 heteroatoms. The number of amides is 2. The van der Waals surface area contributed by atoms with Crippen LogP contribution in [0.1, 0.15) is 30.6 Å². The van der Waals surface area contributed by atoms with Gasteiger partial charge in [0.2, 0.25) is 11.8 Å². The van der Waals surface area contributed by atoms with Crippen molar-refractivity contribution in [3.63, 3.8) is 0 Å². The number of aryl methyl sites for hydroxylation is 1. The number of hydrogen-bond donors (Lipinski definition) is 2. The van der Waals surface area contributed by atoms with Crippen LogP contribution in [0.25, 0.3) is 11.0 Å². The minimum atomic E-state index is -0.492. The number of benzene rings is 2. The van der Waals surface area contributed by atoms with Gasteiger partial charge in [-0.3, -0.25) is 9.59 Å². The summed E-state index contributed by atoms with van der Waals surface area (Å²) in [6.45, 7) is 5.27. The molecule has 3 aromatic rings. The number of hydrogen-bond acceptors (Lipinski definition) is 4. The summed E-state index contributed by atoms with van der Waals surface area (Å²) < 4.78 is 2.19. The Balaban J connectivity index is 1.67. The summed E-state index contributed by atoms with van der Waals surface area (Å²) in [5.74, 6) is 0.224. The van der Waals surface area contributed by atoms with E-state index in [1.54, 1.807) is 24.3 Å². The third-order valence-electron chi connectivity index (χ3n) is 4.34. The van der Waals surface area contributed by atoms with Gasteiger partial charge in [-0.15, -0.1) is 0 Å². The first-order valence-corrected chi connectivity index (χ1v) is 10.2. The van der Waals surface area contributed by atoms with Crippen LogP contribution < -0.4 is 11.1 Å². The van der Waals surface area contributed by atoms with Crippen LogP contribution in [0.15, 0.2) is 53.7 Å². The van der Waals surface area contributed by atoms with Crippen molar-refractivity contribution in [1.82, 2.24) is 9.55 Å². The Kier molecular flexibility index (Phi) is 6.36. The normalized spacial score (nSPS) is 11.1. The second-order valence-corrected chi connectivity index (χ2v) is 7.94. The van der Waals surface area contributed by atoms with E-state index in [1.807, 2.05) is 18.2 Å². The Morgan fingerprint density at radius 3 is 2.54 bits per heavy atom. The van der Waals surface area contributed by atoms with Crippen LogP contribution in [-0.2, 0) is 11.3 Å². The standard InChI is InChI=1S/C21H24N4O2S/c1-14(2)11-12-25-18-6-4-3-5-17(18)24-21(25)28-13-19(26)23-16-9-7-15(8-10-16)20(22)27/h3-10,14H,11-13H2,1-2H3,(H2,22,27)(H,23,26). The fourth-order valence-corrected chi connectivity index (χ4v) is 3.65. The van der Waals surface area contributed by atoms with Crippen molar-refractivity contribution in [2.75, 3.05) is 11.1 Å². The second-order valence-electron chi connectivity index (χ2n) is 7.00. The Morgan fingerprint density at radius 2 is 1.86 bits per heavy atom. The zero-order valence-corrected chi connectivity index (χ0v) is 16.8. The van der Waals surface area contributed by atoms with E-state index in [4.69, 9.17) is 10.7 Å². The van der Waals surface area contributed by atoms with Gasteiger partial charge in [-0.2, -0.15) is 0 Å². The SMILES string of the molecule is CC(C)CCn1c(SCC(=O)Nc2ccc(C(N)=O)cc2)nc2ccccc21. The summed E-state index contributed by atoms with van der Waals surface area (Å²) in [7, 11) is 0. The number of aromatic nitrogens is 2. The molecule has 0 radical (unpaired) electrons. The number of primary amides is 1. The number of nitrogens with zero attached hydrogens (tertiary/aromatic N) is 2. The summed E-state index contributed by atoms with van der Waals surface area (Å²) in [5, 5.41) is 3.68. The highest BCUT2D eigenvalue weighted by molar-refractivity contribution is 7.99. The first-order valence-electron chi connectivity index (χ1n) is 9.22. The van der Waals surface area contributed by atoms with E-state index in [2.05, 4.69) is 29.8 Å². The molecule has 0 fully saturated rings. The zero-order chi connectivity index (χ0) is 20.1. The Bertz CT molecular complexity index is 980. The average molecular weight is 397 g/mol. The average Bonchev–Trinajstić information content (AvgIpc) is 3.02. The van der Waals surface area contributed by atoms with Crippen molar-refractivity contribution in [2.45, 2.75) is 32.0 Å². The van der Waals surface area contributed by atoms with Crippen molar-refractivity contribution in [1.29, 1.82) is 0 Å². The van der Waals surface area contributed by atoms with Gasteiger partial charge >= 0.3 is 0 Å². The van der Waals surface area contributed by atoms with E-state index in [0.717, 1.165) is 29.2 Å². The molecule has 0 aliphatic rings. The molecule has 0 atom stereocenters. The highest BCUT2D eigenvalue weighted by atomic mass is 32.2. The van der Waals surface area contributed by atoms with Crippen molar-refractivity contribution in [3.8, 4) is 0 Å². The van der Waals surface area contributed by atoms with Crippen molar-refractivity contribution >= 4 is 40.3 Å². The second kappa shape index (κ2) is 8.93. The summed E-state index contributed by atoms with van der Waals surface area (Å²) in [6, 6.07) is 14.6. The van der Waals surface area contributed by atoms with Crippen LogP contribution in [0.5, 0.6) is 0 Å². The number of carbonyl (C=O) groups is 2. The minimum Gasteiger partial charge on any atom is -0.366 e. The number of thioether (sulfide) groups is 1. The predicted octanol–water partition coefficient (Wildman–Crippen LogP) is 3.91. The molecule has 0 bridgehead atoms. The summed E-state index contributed by atoms with van der Waals surface area (Å²) in [4.78, 5) is 28.1. The molecule has 1 aromatic heterocycles. The number of fused-ring (bicyclic) bond motifs is 1. The molecule has 0 aliphatic carbocycles. The van der Waals surface area contributed by atoms with Gasteiger partial charge in [0.25, 0.3) is 0 Å². The van der Waals surface area contributed by atoms with Crippen LogP contribution in [-0.4, -0.2) is 27.1 Å². The molecule has 1 heterocycles. The van der Waals surface area contributed by atoms with E-state index < -0.39 is 5.91 Å². The van der Waals surface area contributed by atoms with Crippen molar-refractivity contribution in [2.24, 2.45) is 11.7 Å². The number of carbonyl (C=O) groups excluding carboxylic acids is 2. The van der Waals surface area contributed by atoms with E-state index in [-0.39, 0.29) is 11.7 Å². The Labute approximate surface area is 168 Å². The third-order valence-corrected chi connectivity index (χ3v) is 5.31. The lowest BCUT2D eigenvalue weighted by Crippen LogP contribution is -2.15. The molecule has 6 nitrogen and oxygen atoms in total. The number of imidazole rings is 1. The highest BCUT2D eigenvalue weighted by Gasteiger charge is 2.13. The molecule has 28 heavy (non-hydrogen) atoms. The van der Waals surface area contributed by atoms with Gasteiger partial charge in [-0.05, 0) is 48.7 Å². The fourth-order valence-electron chi connectivity index (χ4n) is 2.81. The number of nitrogens with one attached hydrogen (secondary N) is 1. The molecular formula is C21H24N4O2S. The van der Waals surface area contributed by atoms with Crippen LogP contribution in [0, 0.1) is 5.92 Å². The van der Waals surface area contributed by atoms with E-state index in [1.165, 1.54) is 11.8 Å². The quantitative estimate of drug-likeness (QED) is 0.565. The molecule has 2 amide bonds. The smallest absolute Gasteiger partial charge is 0.248 e. The van der Waals surface area contributed by atoms with E-state index >= 15 is 0 Å². The van der Waals surface area contributed by atoms with Crippen molar-refractivity contribution in [3.05, 3.63) is 54.1 Å². The molecule has 0 unspecified atom stereocenters. The molecule has 146 valence electrons. The Hall–Kier alpha value is -2.80. The maximum Gasteiger partial charge on any atom is 0.248 e. The monoisotopic (exact) mass is 396 g/mol. The maximum absolute atomic E-state index is 12.3. The summed E-state index contributed by atoms with van der Waals surface area (Å²) in [6.07, 6.45) is 1.05. The molecular weight excluding hydrogens is 372 g/mol. The van der Waals surface area contributed by atoms with Gasteiger partial charge in [0.05, 0.1) is 16.8 Å². The van der Waals surface area contributed by atoms with Gasteiger partial charge in [0, 0.05) is 17.8 Å². The minimum absolute atomic E-state index is 0.126. The first kappa shape index (κ1) is 19.9. The zero-order valence-electron chi connectivity index (χ0n) is 16.0. The van der Waals surface area contributed by atoms with Gasteiger partial charge in [0.15, 0.2) is 5.16 Å². The molecule has 0 saturated heterocycles. The lowest BCUT2D eigenvalue weighted by Gasteiger charge is -2.11. The Morgan fingerprint density at radius 1 is 1.14 bits per heavy atom. The number of anilines is 1. The topological polar surface area (TPSA) is 90.0 Å². The fraction of sp³-hybridized carbons (Fsp3) is 0.286. The highest BCUT2D eigenvalue weighted by Crippen LogP contribution is 2.25. The molecule has 0 saturated carbocycles. The lowest BCUT2D eigenvalue weighted by atomic mass is 10.1. The largest absolute Gasteiger partial charge is 0.366 e. The summed E-state index contributed by atoms with van der Waals surface area (Å²) in [5.41, 5.74) is 8.30. The number of para-hydroxylation sites is 2. The molecule has 3 N–H and O–H groups in total. The lowest BCUT2D eigenvalue weighted by molar-refractivity contribution is -0.113. The summed E-state index contributed by atoms with van der Waals surface area (Å²) >= 11 is 1.43. The van der Waals surface area contributed by atoms with Gasteiger partial charge in [-0.25, -0.2) is 4.98 Å². The van der Waals surface area contributed by atoms with Crippen LogP contribution >= 0.6 is 11.8 Å². The van der Waals surface area contributed by atoms with Crippen LogP contribution in [0.4, 0.5) is 5.69 Å². The molecule has 0 aliphatic heterocycles. The van der Waals surface area contributed by atoms with E-state index in [0.29, 0.717) is 17.2 Å². The number of nitrogens with two attached hydrogens (primary N) is 1. The van der Waals surface area contributed by atoms with Gasteiger partial charge in [0.1, 0.15) is 0 Å². The molecule has 2 aromatic carbocycles. The van der Waals surface area contributed by atoms with Crippen molar-refractivity contribution < 1.29 is 9.59 Å².